The van der Waals surface area contributed by atoms with E-state index >= 15 is 0 Å². The van der Waals surface area contributed by atoms with E-state index in [1.165, 1.54) is 33.4 Å². The van der Waals surface area contributed by atoms with Crippen molar-refractivity contribution in [2.24, 2.45) is 0 Å². The van der Waals surface area contributed by atoms with Gasteiger partial charge in [-0.2, -0.15) is 0 Å². The Labute approximate surface area is 859 Å². The van der Waals surface area contributed by atoms with Crippen molar-refractivity contribution in [1.82, 2.24) is 39.9 Å². The quantitative estimate of drug-likeness (QED) is 0.0695. The summed E-state index contributed by atoms with van der Waals surface area (Å²) in [6, 6.07) is 166. The van der Waals surface area contributed by atoms with Crippen LogP contribution in [0.15, 0.2) is 462 Å². The summed E-state index contributed by atoms with van der Waals surface area (Å²) in [6.45, 7) is 4.31. The molecule has 0 N–H and O–H groups in total. The van der Waals surface area contributed by atoms with Crippen molar-refractivity contribution in [3.05, 3.63) is 510 Å². The maximum Gasteiger partial charge on any atom is 3.00 e. The minimum Gasteiger partial charge on any atom is -0.305 e. The molecule has 665 valence electrons. The Hall–Kier alpha value is -15.1. The minimum atomic E-state index is 0. The fraction of sp³-hybridized carbons (Fsp3) is 0.0159. The van der Waals surface area contributed by atoms with E-state index in [2.05, 4.69) is 339 Å². The van der Waals surface area contributed by atoms with Crippen LogP contribution in [-0.2, 0) is 80.4 Å². The number of aryl methyl sites for hydroxylation is 2. The first-order chi connectivity index (χ1) is 66.2. The van der Waals surface area contributed by atoms with Gasteiger partial charge in [0.15, 0.2) is 0 Å². The van der Waals surface area contributed by atoms with Gasteiger partial charge in [-0.15, -0.1) is 179 Å². The number of hydrogen-bond acceptors (Lipinski definition) is 8. The van der Waals surface area contributed by atoms with Gasteiger partial charge in [0.25, 0.3) is 0 Å². The van der Waals surface area contributed by atoms with Crippen LogP contribution in [0.2, 0.25) is 0 Å². The van der Waals surface area contributed by atoms with Gasteiger partial charge < -0.3 is 29.9 Å². The number of aromatic nitrogens is 8. The van der Waals surface area contributed by atoms with E-state index in [4.69, 9.17) is 29.9 Å². The number of benzene rings is 14. The van der Waals surface area contributed by atoms with Crippen LogP contribution in [0.4, 0.5) is 0 Å². The molecule has 14 aromatic carbocycles. The monoisotopic (exact) mass is 2480 g/mol. The van der Waals surface area contributed by atoms with Crippen LogP contribution in [-0.4, -0.2) is 39.9 Å². The normalized spacial score (nSPS) is 10.7. The summed E-state index contributed by atoms with van der Waals surface area (Å²) >= 11 is 0. The summed E-state index contributed by atoms with van der Waals surface area (Å²) in [5, 5.41) is 0. The molecule has 12 heteroatoms. The fourth-order valence-electron chi connectivity index (χ4n) is 17.9. The zero-order valence-corrected chi connectivity index (χ0v) is 84.4. The Balaban J connectivity index is 0.000000263. The van der Waals surface area contributed by atoms with Crippen LogP contribution < -0.4 is 0 Å². The van der Waals surface area contributed by atoms with E-state index < -0.39 is 0 Å². The largest absolute Gasteiger partial charge is 3.00 e. The van der Waals surface area contributed by atoms with E-state index in [1.54, 1.807) is 0 Å². The Morgan fingerprint density at radius 1 is 0.152 bits per heavy atom. The summed E-state index contributed by atoms with van der Waals surface area (Å²) in [6.07, 6.45) is 14.6. The zero-order chi connectivity index (χ0) is 89.9. The number of pyridine rings is 8. The van der Waals surface area contributed by atoms with Crippen molar-refractivity contribution in [3.63, 3.8) is 0 Å². The van der Waals surface area contributed by atoms with Crippen molar-refractivity contribution < 1.29 is 80.4 Å². The second-order valence-corrected chi connectivity index (χ2v) is 32.9. The molecule has 0 saturated heterocycles. The molecule has 8 aromatic heterocycles. The van der Waals surface area contributed by atoms with E-state index in [1.807, 2.05) is 183 Å². The van der Waals surface area contributed by atoms with Crippen molar-refractivity contribution in [2.45, 2.75) is 13.8 Å². The van der Waals surface area contributed by atoms with Crippen molar-refractivity contribution in [1.29, 1.82) is 0 Å². The van der Waals surface area contributed by atoms with Crippen LogP contribution in [0.1, 0.15) is 11.1 Å². The molecule has 8 heterocycles. The summed E-state index contributed by atoms with van der Waals surface area (Å²) in [7, 11) is 0. The van der Waals surface area contributed by atoms with Crippen molar-refractivity contribution in [3.8, 4) is 224 Å². The molecule has 0 unspecified atom stereocenters. The average Bonchev–Trinajstić information content (AvgIpc) is 0.757. The van der Waals surface area contributed by atoms with Gasteiger partial charge in [-0.3, -0.25) is 9.97 Å². The van der Waals surface area contributed by atoms with E-state index in [-0.39, 0.29) is 80.4 Å². The van der Waals surface area contributed by atoms with Gasteiger partial charge in [0, 0.05) is 121 Å². The molecule has 0 amide bonds. The maximum atomic E-state index is 4.74. The van der Waals surface area contributed by atoms with Gasteiger partial charge in [-0.25, -0.2) is 0 Å². The summed E-state index contributed by atoms with van der Waals surface area (Å²) in [4.78, 5) is 37.3. The van der Waals surface area contributed by atoms with E-state index in [0.717, 1.165) is 201 Å². The summed E-state index contributed by atoms with van der Waals surface area (Å²) in [5.41, 5.74) is 42.8. The molecule has 0 aliphatic carbocycles. The molecule has 0 bridgehead atoms. The fourth-order valence-corrected chi connectivity index (χ4v) is 17.9. The molecule has 22 aromatic rings. The molecule has 0 fully saturated rings. The molecule has 138 heavy (non-hydrogen) atoms. The number of nitrogens with zero attached hydrogens (tertiary/aromatic N) is 8. The van der Waals surface area contributed by atoms with Crippen LogP contribution in [0.25, 0.3) is 224 Å². The van der Waals surface area contributed by atoms with E-state index in [0.29, 0.717) is 0 Å². The molecule has 8 nitrogen and oxygen atoms in total. The van der Waals surface area contributed by atoms with E-state index in [9.17, 15) is 0 Å². The first-order valence-corrected chi connectivity index (χ1v) is 44.7. The minimum absolute atomic E-state index is 0. The van der Waals surface area contributed by atoms with Crippen molar-refractivity contribution in [2.75, 3.05) is 0 Å². The molecule has 0 atom stereocenters. The van der Waals surface area contributed by atoms with Gasteiger partial charge in [0.1, 0.15) is 0 Å². The molecule has 0 saturated carbocycles. The van der Waals surface area contributed by atoms with Crippen LogP contribution in [0.5, 0.6) is 0 Å². The smallest absolute Gasteiger partial charge is 0.305 e. The maximum absolute atomic E-state index is 4.74. The predicted molar refractivity (Wildman–Crippen MR) is 546 cm³/mol. The van der Waals surface area contributed by atoms with Gasteiger partial charge in [-0.05, 0) is 194 Å². The van der Waals surface area contributed by atoms with Crippen molar-refractivity contribution >= 4 is 0 Å². The first-order valence-electron chi connectivity index (χ1n) is 44.7. The number of rotatable bonds is 20. The Morgan fingerprint density at radius 3 is 0.507 bits per heavy atom. The molecule has 3 radical (unpaired) electrons. The van der Waals surface area contributed by atoms with Gasteiger partial charge in [-0.1, -0.05) is 302 Å². The van der Waals surface area contributed by atoms with Gasteiger partial charge in [0.2, 0.25) is 0 Å². The molecular weight excluding hydrogens is 2390 g/mol. The second kappa shape index (κ2) is 44.1. The first kappa shape index (κ1) is 94.6. The van der Waals surface area contributed by atoms with Gasteiger partial charge in [0.05, 0.1) is 11.4 Å². The molecule has 0 aliphatic rings. The van der Waals surface area contributed by atoms with Gasteiger partial charge >= 0.3 is 20.1 Å². The Bertz CT molecular complexity index is 6880. The van der Waals surface area contributed by atoms with Crippen LogP contribution >= 0.6 is 0 Å². The third-order valence-electron chi connectivity index (χ3n) is 24.3. The Morgan fingerprint density at radius 2 is 0.326 bits per heavy atom. The molecule has 22 rings (SSSR count). The average molecular weight is 2480 g/mol. The van der Waals surface area contributed by atoms with Crippen LogP contribution in [0, 0.1) is 50.2 Å². The SMILES string of the molecule is Cc1cc(C)cc(-c2c(-c3c[c-]c(-c4ccccn4)cc3)cccc2-c2c[c-]c(-c3ccccn3)cc2)c1.[Ir+3].[Ir].[Ir].[Ir].[c-]1cc(-c2cccc(-c3c[c-]c(-c4ccccn4)cc3)c2-c2cc(-c3c(-c4c[c-]c(-c5ccccn5)cc4)cccc3-c3ccc(-c4ccccn4)cc3)cc(-c3c(-c4c[c-]c(-c5ccccn5)cc4)cccc3-c3ccc(-c4ccccn4)cc3)c2)ccc1-c1ccccn1. The van der Waals surface area contributed by atoms with Crippen LogP contribution in [0.3, 0.4) is 0 Å². The number of hydrogen-bond donors (Lipinski definition) is 0. The third-order valence-corrected chi connectivity index (χ3v) is 24.3. The second-order valence-electron chi connectivity index (χ2n) is 32.9. The topological polar surface area (TPSA) is 103 Å². The third kappa shape index (κ3) is 20.8. The molecule has 0 aliphatic heterocycles. The summed E-state index contributed by atoms with van der Waals surface area (Å²) in [5.74, 6) is 0. The molecular formula is C126H82Ir4N8-3. The Kier molecular flexibility index (Phi) is 30.3. The zero-order valence-electron chi connectivity index (χ0n) is 74.8. The summed E-state index contributed by atoms with van der Waals surface area (Å²) < 4.78 is 0. The molecule has 0 spiro atoms. The predicted octanol–water partition coefficient (Wildman–Crippen LogP) is 31.3. The standard InChI is InChI=1S/C90H56N6.C36H26N2.4Ir/c1-7-52-91-82(22-1)67-40-28-61(29-41-67)76-16-13-17-77(62-30-42-68(43-31-62)83-23-2-8-53-92-83)88(76)73-58-74(89-78(63-32-44-69(45-33-63)84-24-3-9-54-93-84)18-14-19-79(89)64-34-46-70(47-35-64)85-25-4-10-55-94-85)60-75(59-73)90-80(65-36-48-71(49-37-65)86-26-5-11-56-95-86)20-15-21-81(90)66-38-50-72(51-39-66)87-27-6-12-57-96-87;1-25-22-26(2)24-31(23-25)36-32(27-12-16-29(17-13-27)34-10-3-5-20-37-34)8-7-9-33(36)28-14-18-30(19-15-28)35-11-4-6-21-38-35;;;;/h1-42,44-46,48,50,52-60H;3-16,18,20-24H,1-2H3;;;;/q-4;-2;;;;+3.